The van der Waals surface area contributed by atoms with Gasteiger partial charge in [0.2, 0.25) is 0 Å². The van der Waals surface area contributed by atoms with Crippen molar-refractivity contribution in [2.45, 2.75) is 25.0 Å². The van der Waals surface area contributed by atoms with Crippen LogP contribution in [-0.4, -0.2) is 13.5 Å². The Labute approximate surface area is 205 Å². The summed E-state index contributed by atoms with van der Waals surface area (Å²) in [6, 6.07) is 0. The van der Waals surface area contributed by atoms with E-state index in [-0.39, 0.29) is 6.42 Å². The predicted molar refractivity (Wildman–Crippen MR) is 103 cm³/mol. The normalized spacial score (nSPS) is 13.2. The van der Waals surface area contributed by atoms with Crippen molar-refractivity contribution in [2.24, 2.45) is 0 Å². The van der Waals surface area contributed by atoms with Gasteiger partial charge in [-0.2, -0.15) is 0 Å². The molecule has 0 bridgehead atoms. The Bertz CT molecular complexity index is 1480. The van der Waals surface area contributed by atoms with Gasteiger partial charge in [0.05, 0.1) is 0 Å². The first-order valence-corrected chi connectivity index (χ1v) is 14.0. The summed E-state index contributed by atoms with van der Waals surface area (Å²) in [6.45, 7) is 1.27. The Hall–Kier alpha value is -2.96. The van der Waals surface area contributed by atoms with E-state index in [1.54, 1.807) is 0 Å². The summed E-state index contributed by atoms with van der Waals surface area (Å²) in [4.78, 5) is 0. The van der Waals surface area contributed by atoms with E-state index in [0.717, 1.165) is 0 Å². The summed E-state index contributed by atoms with van der Waals surface area (Å²) in [5, 5.41) is -1.36. The van der Waals surface area contributed by atoms with Gasteiger partial charge in [-0.05, 0) is 0 Å². The summed E-state index contributed by atoms with van der Waals surface area (Å²) in [7, 11) is 0. The number of rotatable bonds is 6. The number of benzene rings is 3. The molecule has 16 heteroatoms. The van der Waals surface area contributed by atoms with E-state index in [9.17, 15) is 60.8 Å². The van der Waals surface area contributed by atoms with Gasteiger partial charge in [0.15, 0.2) is 0 Å². The first kappa shape index (κ1) is 29.6. The monoisotopic (exact) mass is 630 g/mol. The van der Waals surface area contributed by atoms with E-state index in [1.165, 1.54) is 6.92 Å². The Kier molecular flexibility index (Phi) is 8.03. The van der Waals surface area contributed by atoms with E-state index in [1.807, 2.05) is 0 Å². The van der Waals surface area contributed by atoms with Crippen LogP contribution in [0.3, 0.4) is 0 Å². The van der Waals surface area contributed by atoms with Gasteiger partial charge in [0.25, 0.3) is 0 Å². The van der Waals surface area contributed by atoms with Gasteiger partial charge < -0.3 is 0 Å². The number of halogens is 14. The molecule has 1 nitrogen and oxygen atoms in total. The fourth-order valence-electron chi connectivity index (χ4n) is 3.64. The van der Waals surface area contributed by atoms with Crippen LogP contribution in [0, 0.1) is 81.4 Å². The zero-order chi connectivity index (χ0) is 29.0. The minimum absolute atomic E-state index is 0.160. The van der Waals surface area contributed by atoms with Crippen LogP contribution in [0.15, 0.2) is 0 Å². The molecule has 0 saturated heterocycles. The van der Waals surface area contributed by atoms with Crippen molar-refractivity contribution < 1.29 is 65.2 Å². The van der Waals surface area contributed by atoms with Crippen molar-refractivity contribution in [3.63, 3.8) is 0 Å². The van der Waals surface area contributed by atoms with Crippen LogP contribution in [0.4, 0.5) is 61.5 Å². The molecular formula is C22H9AsF14O. The number of hydrogen-bond acceptors (Lipinski definition) is 1. The van der Waals surface area contributed by atoms with Gasteiger partial charge in [-0.1, -0.05) is 0 Å². The summed E-state index contributed by atoms with van der Waals surface area (Å²) in [5.41, 5.74) is -4.99. The van der Waals surface area contributed by atoms with Crippen LogP contribution in [0.5, 0.6) is 0 Å². The molecule has 0 N–H and O–H groups in total. The molecule has 3 aromatic carbocycles. The first-order chi connectivity index (χ1) is 17.6. The number of unbranched alkanes of at least 4 members (excludes halogenated alkanes) is 1. The van der Waals surface area contributed by atoms with Crippen LogP contribution >= 0.6 is 0 Å². The average Bonchev–Trinajstić information content (AvgIpc) is 2.88. The zero-order valence-corrected chi connectivity index (χ0v) is 20.1. The SMILES string of the molecule is CCCC[As](=O)(c1c(F)c(F)c(F)c(F)c1F)c1c(F)c(F)c(F)c(F)c1-c1c(F)c(F)c(F)c(F)c1F. The van der Waals surface area contributed by atoms with Gasteiger partial charge in [0, 0.05) is 0 Å². The van der Waals surface area contributed by atoms with Crippen LogP contribution in [0.1, 0.15) is 19.8 Å². The molecule has 0 aliphatic carbocycles. The molecule has 206 valence electrons. The fraction of sp³-hybridized carbons (Fsp3) is 0.182. The summed E-state index contributed by atoms with van der Waals surface area (Å²) in [5.74, 6) is -40.3. The van der Waals surface area contributed by atoms with Crippen molar-refractivity contribution in [3.8, 4) is 11.1 Å². The third-order valence-electron chi connectivity index (χ3n) is 5.44. The minimum atomic E-state index is -6.98. The molecule has 0 aliphatic rings. The topological polar surface area (TPSA) is 17.1 Å². The molecule has 0 aromatic heterocycles. The molecule has 1 unspecified atom stereocenters. The fourth-order valence-corrected chi connectivity index (χ4v) is 10.5. The predicted octanol–water partition coefficient (Wildman–Crippen LogP) is 6.59. The van der Waals surface area contributed by atoms with Crippen LogP contribution in [-0.2, 0) is 3.74 Å². The van der Waals surface area contributed by atoms with Gasteiger partial charge >= 0.3 is 205 Å². The second-order valence-corrected chi connectivity index (χ2v) is 13.6. The Morgan fingerprint density at radius 3 is 1.08 bits per heavy atom. The van der Waals surface area contributed by atoms with Crippen molar-refractivity contribution in [3.05, 3.63) is 81.4 Å². The van der Waals surface area contributed by atoms with Crippen LogP contribution in [0.25, 0.3) is 11.1 Å². The molecule has 0 heterocycles. The molecule has 0 spiro atoms. The Morgan fingerprint density at radius 1 is 0.421 bits per heavy atom. The van der Waals surface area contributed by atoms with E-state index in [2.05, 4.69) is 0 Å². The molecule has 0 saturated carbocycles. The maximum atomic E-state index is 15.1. The maximum absolute atomic E-state index is 15.1. The molecule has 3 aromatic rings. The van der Waals surface area contributed by atoms with Gasteiger partial charge in [-0.3, -0.25) is 0 Å². The molecular weight excluding hydrogens is 621 g/mol. The summed E-state index contributed by atoms with van der Waals surface area (Å²) < 4.78 is 209. The quantitative estimate of drug-likeness (QED) is 0.130. The standard InChI is InChI=1S/C22H9AsF14O/c1-2-3-4-23(38,8-13(28)19(34)22(37)20(35)14(8)29)7-5(9(24)15(30)18(33)12(7)27)6-10(25)16(31)21(36)17(32)11(6)26/h2-4H2,1H3. The molecule has 0 aliphatic heterocycles. The zero-order valence-electron chi connectivity index (χ0n) is 18.3. The molecule has 3 rings (SSSR count). The summed E-state index contributed by atoms with van der Waals surface area (Å²) >= 11 is -6.98. The second-order valence-electron chi connectivity index (χ2n) is 7.66. The third kappa shape index (κ3) is 4.18. The Balaban J connectivity index is 2.71. The molecule has 1 atom stereocenters. The van der Waals surface area contributed by atoms with Crippen molar-refractivity contribution in [1.29, 1.82) is 0 Å². The van der Waals surface area contributed by atoms with Crippen molar-refractivity contribution in [1.82, 2.24) is 0 Å². The molecule has 38 heavy (non-hydrogen) atoms. The van der Waals surface area contributed by atoms with Crippen LogP contribution < -0.4 is 8.70 Å². The van der Waals surface area contributed by atoms with E-state index in [0.29, 0.717) is 0 Å². The average molecular weight is 630 g/mol. The van der Waals surface area contributed by atoms with E-state index in [4.69, 9.17) is 0 Å². The van der Waals surface area contributed by atoms with Crippen LogP contribution in [0.2, 0.25) is 5.21 Å². The van der Waals surface area contributed by atoms with Crippen molar-refractivity contribution in [2.75, 3.05) is 0 Å². The second kappa shape index (κ2) is 10.3. The van der Waals surface area contributed by atoms with Gasteiger partial charge in [0.1, 0.15) is 0 Å². The van der Waals surface area contributed by atoms with E-state index < -0.39 is 126 Å². The molecule has 0 radical (unpaired) electrons. The van der Waals surface area contributed by atoms with E-state index >= 15 is 4.39 Å². The van der Waals surface area contributed by atoms with Gasteiger partial charge in [-0.15, -0.1) is 0 Å². The third-order valence-corrected chi connectivity index (χ3v) is 12.2. The van der Waals surface area contributed by atoms with Crippen molar-refractivity contribution >= 4 is 22.2 Å². The summed E-state index contributed by atoms with van der Waals surface area (Å²) in [6.07, 6.45) is -0.751. The molecule has 0 amide bonds. The first-order valence-electron chi connectivity index (χ1n) is 10.0. The molecule has 0 fully saturated rings. The number of hydrogen-bond donors (Lipinski definition) is 0. The van der Waals surface area contributed by atoms with Gasteiger partial charge in [-0.25, -0.2) is 0 Å². The Morgan fingerprint density at radius 2 is 0.711 bits per heavy atom.